The summed E-state index contributed by atoms with van der Waals surface area (Å²) in [5.41, 5.74) is 0.448. The van der Waals surface area contributed by atoms with E-state index in [0.29, 0.717) is 39.5 Å². The van der Waals surface area contributed by atoms with E-state index in [9.17, 15) is 19.2 Å². The first kappa shape index (κ1) is 23.6. The number of likely N-dealkylation sites (tertiary alicyclic amines) is 1. The molecule has 3 atom stereocenters. The third-order valence-electron chi connectivity index (χ3n) is 6.99. The van der Waals surface area contributed by atoms with E-state index in [2.05, 4.69) is 0 Å². The highest BCUT2D eigenvalue weighted by atomic mass is 35.5. The molecule has 36 heavy (non-hydrogen) atoms. The van der Waals surface area contributed by atoms with Gasteiger partial charge in [0.15, 0.2) is 0 Å². The maximum Gasteiger partial charge on any atom is 0.308 e. The number of anilines is 1. The summed E-state index contributed by atoms with van der Waals surface area (Å²) < 4.78 is 7.18. The summed E-state index contributed by atoms with van der Waals surface area (Å²) in [6.07, 6.45) is 4.53. The SMILES string of the molecule is O=C(Cn1c2c(sc1=O)C(c1ccco1)C1C(=O)N(c3ccc(Cl)cc3)C(=O)C1S2)N1CCCCC1. The lowest BCUT2D eigenvalue weighted by molar-refractivity contribution is -0.133. The van der Waals surface area contributed by atoms with Crippen LogP contribution in [0.4, 0.5) is 5.69 Å². The van der Waals surface area contributed by atoms with Crippen molar-refractivity contribution >= 4 is 58.1 Å². The number of carbonyl (C=O) groups is 3. The van der Waals surface area contributed by atoms with E-state index in [0.717, 1.165) is 30.6 Å². The van der Waals surface area contributed by atoms with Crippen molar-refractivity contribution in [2.24, 2.45) is 5.92 Å². The monoisotopic (exact) mass is 543 g/mol. The molecule has 2 aromatic heterocycles. The van der Waals surface area contributed by atoms with Crippen molar-refractivity contribution in [2.75, 3.05) is 18.0 Å². The highest BCUT2D eigenvalue weighted by Crippen LogP contribution is 2.53. The van der Waals surface area contributed by atoms with Gasteiger partial charge in [-0.1, -0.05) is 34.7 Å². The summed E-state index contributed by atoms with van der Waals surface area (Å²) >= 11 is 8.23. The molecule has 3 aliphatic heterocycles. The molecule has 8 nitrogen and oxygen atoms in total. The maximum atomic E-state index is 13.7. The van der Waals surface area contributed by atoms with Crippen LogP contribution >= 0.6 is 34.7 Å². The number of hydrogen-bond donors (Lipinski definition) is 0. The Balaban J connectivity index is 1.41. The number of carbonyl (C=O) groups excluding carboxylic acids is 3. The summed E-state index contributed by atoms with van der Waals surface area (Å²) in [5.74, 6) is -1.62. The van der Waals surface area contributed by atoms with Gasteiger partial charge in [0.25, 0.3) is 0 Å². The van der Waals surface area contributed by atoms with E-state index in [4.69, 9.17) is 16.0 Å². The summed E-state index contributed by atoms with van der Waals surface area (Å²) in [4.78, 5) is 56.8. The van der Waals surface area contributed by atoms with Crippen LogP contribution in [-0.4, -0.2) is 45.5 Å². The number of thioether (sulfide) groups is 1. The number of imide groups is 1. The van der Waals surface area contributed by atoms with Crippen molar-refractivity contribution in [3.05, 3.63) is 68.0 Å². The maximum absolute atomic E-state index is 13.7. The van der Waals surface area contributed by atoms with Crippen LogP contribution in [0, 0.1) is 5.92 Å². The highest BCUT2D eigenvalue weighted by Gasteiger charge is 2.57. The van der Waals surface area contributed by atoms with E-state index < -0.39 is 17.1 Å². The van der Waals surface area contributed by atoms with Crippen LogP contribution in [-0.2, 0) is 20.9 Å². The molecule has 1 aromatic carbocycles. The summed E-state index contributed by atoms with van der Waals surface area (Å²) in [6.45, 7) is 1.30. The van der Waals surface area contributed by atoms with Crippen molar-refractivity contribution < 1.29 is 18.8 Å². The number of nitrogens with zero attached hydrogens (tertiary/aromatic N) is 3. The molecule has 3 amide bonds. The van der Waals surface area contributed by atoms with Crippen LogP contribution in [0.2, 0.25) is 5.02 Å². The van der Waals surface area contributed by atoms with E-state index in [1.165, 1.54) is 27.5 Å². The van der Waals surface area contributed by atoms with Gasteiger partial charge in [-0.2, -0.15) is 0 Å². The predicted octanol–water partition coefficient (Wildman–Crippen LogP) is 3.96. The van der Waals surface area contributed by atoms with Gasteiger partial charge in [-0.3, -0.25) is 23.7 Å². The number of hydrogen-bond acceptors (Lipinski definition) is 7. The third-order valence-corrected chi connectivity index (χ3v) is 9.84. The molecule has 186 valence electrons. The molecule has 3 unspecified atom stereocenters. The number of thiazole rings is 1. The molecule has 0 spiro atoms. The Hall–Kier alpha value is -2.82. The minimum absolute atomic E-state index is 0.0804. The lowest BCUT2D eigenvalue weighted by Crippen LogP contribution is -2.39. The predicted molar refractivity (Wildman–Crippen MR) is 137 cm³/mol. The second-order valence-electron chi connectivity index (χ2n) is 9.11. The van der Waals surface area contributed by atoms with E-state index in [1.54, 1.807) is 41.3 Å². The zero-order valence-corrected chi connectivity index (χ0v) is 21.5. The third kappa shape index (κ3) is 3.82. The number of furan rings is 1. The second kappa shape index (κ2) is 9.24. The van der Waals surface area contributed by atoms with Crippen LogP contribution in [0.3, 0.4) is 0 Å². The zero-order chi connectivity index (χ0) is 25.0. The fourth-order valence-corrected chi connectivity index (χ4v) is 8.13. The number of piperidine rings is 1. The Bertz CT molecular complexity index is 1390. The first-order valence-corrected chi connectivity index (χ1v) is 13.9. The highest BCUT2D eigenvalue weighted by molar-refractivity contribution is 8.00. The molecule has 5 heterocycles. The number of amides is 3. The largest absolute Gasteiger partial charge is 0.469 e. The average molecular weight is 544 g/mol. The normalized spacial score (nSPS) is 23.6. The Morgan fingerprint density at radius 3 is 2.47 bits per heavy atom. The lowest BCUT2D eigenvalue weighted by Gasteiger charge is -2.30. The zero-order valence-electron chi connectivity index (χ0n) is 19.1. The van der Waals surface area contributed by atoms with Crippen molar-refractivity contribution in [2.45, 2.75) is 42.0 Å². The Morgan fingerprint density at radius 1 is 1.03 bits per heavy atom. The fraction of sp³-hybridized carbons (Fsp3) is 0.360. The topological polar surface area (TPSA) is 92.8 Å². The molecule has 0 aliphatic carbocycles. The van der Waals surface area contributed by atoms with Crippen LogP contribution < -0.4 is 9.77 Å². The second-order valence-corrected chi connectivity index (χ2v) is 11.7. The Morgan fingerprint density at radius 2 is 1.78 bits per heavy atom. The van der Waals surface area contributed by atoms with E-state index in [-0.39, 0.29) is 29.1 Å². The number of aromatic nitrogens is 1. The first-order chi connectivity index (χ1) is 17.4. The van der Waals surface area contributed by atoms with Gasteiger partial charge >= 0.3 is 4.87 Å². The Kier molecular flexibility index (Phi) is 6.05. The standard InChI is InChI=1S/C25H22ClN3O5S2/c26-14-6-8-15(9-7-14)29-22(31)19-18(16-5-4-12-34-16)21-24(35-20(19)23(29)32)28(25(33)36-21)13-17(30)27-10-2-1-3-11-27/h4-9,12,18-20H,1-3,10-11,13H2. The van der Waals surface area contributed by atoms with Gasteiger partial charge in [-0.15, -0.1) is 0 Å². The van der Waals surface area contributed by atoms with E-state index in [1.807, 2.05) is 0 Å². The average Bonchev–Trinajstić information content (AvgIpc) is 3.58. The Labute approximate surface area is 219 Å². The molecule has 0 saturated carbocycles. The molecule has 2 fully saturated rings. The molecular weight excluding hydrogens is 522 g/mol. The summed E-state index contributed by atoms with van der Waals surface area (Å²) in [6, 6.07) is 10.0. The van der Waals surface area contributed by atoms with Crippen LogP contribution in [0.25, 0.3) is 0 Å². The molecule has 3 aliphatic rings. The van der Waals surface area contributed by atoms with Crippen LogP contribution in [0.1, 0.15) is 35.8 Å². The van der Waals surface area contributed by atoms with Gasteiger partial charge in [0, 0.05) is 18.1 Å². The van der Waals surface area contributed by atoms with Crippen molar-refractivity contribution in [1.29, 1.82) is 0 Å². The molecule has 3 aromatic rings. The number of halogens is 1. The van der Waals surface area contributed by atoms with Gasteiger partial charge < -0.3 is 9.32 Å². The number of rotatable bonds is 4. The fourth-order valence-electron chi connectivity index (χ4n) is 5.25. The molecular formula is C25H22ClN3O5S2. The van der Waals surface area contributed by atoms with Crippen LogP contribution in [0.15, 0.2) is 56.9 Å². The van der Waals surface area contributed by atoms with Crippen molar-refractivity contribution in [3.63, 3.8) is 0 Å². The minimum atomic E-state index is -0.749. The smallest absolute Gasteiger partial charge is 0.308 e. The summed E-state index contributed by atoms with van der Waals surface area (Å²) in [5, 5.41) is 0.320. The van der Waals surface area contributed by atoms with E-state index >= 15 is 0 Å². The lowest BCUT2D eigenvalue weighted by atomic mass is 9.87. The summed E-state index contributed by atoms with van der Waals surface area (Å²) in [7, 11) is 0. The molecule has 11 heteroatoms. The minimum Gasteiger partial charge on any atom is -0.469 e. The van der Waals surface area contributed by atoms with Crippen molar-refractivity contribution in [1.82, 2.24) is 9.47 Å². The van der Waals surface area contributed by atoms with Gasteiger partial charge in [-0.25, -0.2) is 4.90 Å². The van der Waals surface area contributed by atoms with Gasteiger partial charge in [0.2, 0.25) is 17.7 Å². The van der Waals surface area contributed by atoms with Crippen molar-refractivity contribution in [3.8, 4) is 0 Å². The van der Waals surface area contributed by atoms with Gasteiger partial charge in [0.1, 0.15) is 17.6 Å². The molecule has 0 bridgehead atoms. The van der Waals surface area contributed by atoms with Crippen LogP contribution in [0.5, 0.6) is 0 Å². The molecule has 0 radical (unpaired) electrons. The quantitative estimate of drug-likeness (QED) is 0.462. The number of benzene rings is 1. The molecule has 6 rings (SSSR count). The van der Waals surface area contributed by atoms with Gasteiger partial charge in [0.05, 0.1) is 33.7 Å². The first-order valence-electron chi connectivity index (χ1n) is 11.8. The number of fused-ring (bicyclic) bond motifs is 2. The molecule has 0 N–H and O–H groups in total. The molecule has 2 saturated heterocycles. The van der Waals surface area contributed by atoms with Gasteiger partial charge in [-0.05, 0) is 55.7 Å².